The van der Waals surface area contributed by atoms with Gasteiger partial charge in [-0.25, -0.2) is 0 Å². The fourth-order valence-electron chi connectivity index (χ4n) is 9.16. The van der Waals surface area contributed by atoms with Gasteiger partial charge >= 0.3 is 5.97 Å². The van der Waals surface area contributed by atoms with Gasteiger partial charge in [-0.05, 0) is 77.0 Å². The van der Waals surface area contributed by atoms with Crippen molar-refractivity contribution in [3.05, 3.63) is 24.3 Å². The molecule has 0 bridgehead atoms. The predicted octanol–water partition coefficient (Wildman–Crippen LogP) is 18.2. The molecule has 2 unspecified atom stereocenters. The number of carbonyl (C=O) groups excluding carboxylic acids is 2. The van der Waals surface area contributed by atoms with Crippen LogP contribution in [0.2, 0.25) is 0 Å². The number of amides is 1. The summed E-state index contributed by atoms with van der Waals surface area (Å²) < 4.78 is 5.47. The summed E-state index contributed by atoms with van der Waals surface area (Å²) in [5.41, 5.74) is 0. The Balaban J connectivity index is 3.38. The van der Waals surface area contributed by atoms with E-state index in [1.165, 1.54) is 244 Å². The Kier molecular flexibility index (Phi) is 54.5. The molecule has 6 heteroatoms. The molecule has 0 saturated heterocycles. The zero-order valence-corrected chi connectivity index (χ0v) is 44.4. The summed E-state index contributed by atoms with van der Waals surface area (Å²) in [6.45, 7) is 4.94. The highest BCUT2D eigenvalue weighted by Crippen LogP contribution is 2.17. The summed E-state index contributed by atoms with van der Waals surface area (Å²) in [7, 11) is 0. The van der Waals surface area contributed by atoms with E-state index in [2.05, 4.69) is 43.5 Å². The number of ether oxygens (including phenoxy) is 1. The van der Waals surface area contributed by atoms with E-state index in [0.717, 1.165) is 44.9 Å². The maximum atomic E-state index is 12.4. The molecule has 0 rings (SSSR count). The third-order valence-electron chi connectivity index (χ3n) is 13.7. The topological polar surface area (TPSA) is 95.9 Å². The van der Waals surface area contributed by atoms with E-state index in [-0.39, 0.29) is 18.5 Å². The van der Waals surface area contributed by atoms with Crippen LogP contribution in [0.3, 0.4) is 0 Å². The van der Waals surface area contributed by atoms with Crippen molar-refractivity contribution in [2.24, 2.45) is 0 Å². The fraction of sp³-hybridized carbons (Fsp3) is 0.900. The lowest BCUT2D eigenvalue weighted by Gasteiger charge is -2.22. The van der Waals surface area contributed by atoms with Crippen LogP contribution >= 0.6 is 0 Å². The molecule has 0 aromatic heterocycles. The molecule has 0 radical (unpaired) electrons. The van der Waals surface area contributed by atoms with Crippen LogP contribution in [0.25, 0.3) is 0 Å². The van der Waals surface area contributed by atoms with Crippen molar-refractivity contribution in [1.82, 2.24) is 5.32 Å². The highest BCUT2D eigenvalue weighted by Gasteiger charge is 2.20. The van der Waals surface area contributed by atoms with Gasteiger partial charge in [-0.2, -0.15) is 0 Å². The second-order valence-corrected chi connectivity index (χ2v) is 20.3. The zero-order chi connectivity index (χ0) is 47.9. The molecule has 2 atom stereocenters. The first kappa shape index (κ1) is 64.3. The summed E-state index contributed by atoms with van der Waals surface area (Å²) in [4.78, 5) is 24.5. The van der Waals surface area contributed by atoms with Gasteiger partial charge in [0.2, 0.25) is 5.91 Å². The first-order valence-electron chi connectivity index (χ1n) is 29.6. The van der Waals surface area contributed by atoms with Crippen molar-refractivity contribution in [1.29, 1.82) is 0 Å². The second kappa shape index (κ2) is 55.9. The van der Waals surface area contributed by atoms with Crippen molar-refractivity contribution in [2.45, 2.75) is 334 Å². The van der Waals surface area contributed by atoms with Gasteiger partial charge in [0.1, 0.15) is 0 Å². The molecule has 6 nitrogen and oxygen atoms in total. The normalized spacial score (nSPS) is 12.7. The average molecular weight is 931 g/mol. The number of rotatable bonds is 55. The van der Waals surface area contributed by atoms with Gasteiger partial charge in [-0.15, -0.1) is 0 Å². The van der Waals surface area contributed by atoms with Gasteiger partial charge in [0.25, 0.3) is 0 Å². The van der Waals surface area contributed by atoms with E-state index >= 15 is 0 Å². The Bertz CT molecular complexity index is 1030. The monoisotopic (exact) mass is 930 g/mol. The van der Waals surface area contributed by atoms with Crippen molar-refractivity contribution in [2.75, 3.05) is 13.2 Å². The molecule has 0 heterocycles. The first-order chi connectivity index (χ1) is 32.5. The SMILES string of the molecule is CCCCCCC/C=C\CCCCCCCC(=O)OCCCCCCCCCCCCCC/C=C\CCCCCCCCCCC(=O)NC(CO)C(O)CCCCCCCCCCCCC. The highest BCUT2D eigenvalue weighted by atomic mass is 16.5. The summed E-state index contributed by atoms with van der Waals surface area (Å²) in [6, 6.07) is -0.543. The van der Waals surface area contributed by atoms with E-state index in [4.69, 9.17) is 4.74 Å². The van der Waals surface area contributed by atoms with Crippen molar-refractivity contribution in [3.63, 3.8) is 0 Å². The number of hydrogen-bond acceptors (Lipinski definition) is 5. The Hall–Kier alpha value is -1.66. The Morgan fingerprint density at radius 1 is 0.409 bits per heavy atom. The van der Waals surface area contributed by atoms with Crippen LogP contribution in [0, 0.1) is 0 Å². The molecule has 0 saturated carbocycles. The number of nitrogens with one attached hydrogen (secondary N) is 1. The lowest BCUT2D eigenvalue weighted by atomic mass is 10.0. The molecule has 0 aliphatic heterocycles. The molecule has 0 fully saturated rings. The van der Waals surface area contributed by atoms with Crippen LogP contribution in [0.4, 0.5) is 0 Å². The molecule has 1 amide bonds. The van der Waals surface area contributed by atoms with Gasteiger partial charge < -0.3 is 20.3 Å². The molecular weight excluding hydrogens is 815 g/mol. The fourth-order valence-corrected chi connectivity index (χ4v) is 9.16. The van der Waals surface area contributed by atoms with Gasteiger partial charge in [0.15, 0.2) is 0 Å². The van der Waals surface area contributed by atoms with Crippen molar-refractivity contribution < 1.29 is 24.5 Å². The number of carbonyl (C=O) groups is 2. The number of aliphatic hydroxyl groups excluding tert-OH is 2. The molecule has 390 valence electrons. The van der Waals surface area contributed by atoms with Crippen LogP contribution < -0.4 is 5.32 Å². The molecule has 0 aromatic carbocycles. The molecule has 0 spiro atoms. The Morgan fingerprint density at radius 2 is 0.712 bits per heavy atom. The predicted molar refractivity (Wildman–Crippen MR) is 287 cm³/mol. The zero-order valence-electron chi connectivity index (χ0n) is 44.4. The largest absolute Gasteiger partial charge is 0.466 e. The molecule has 3 N–H and O–H groups in total. The number of aliphatic hydroxyl groups is 2. The van der Waals surface area contributed by atoms with Gasteiger partial charge in [-0.3, -0.25) is 9.59 Å². The van der Waals surface area contributed by atoms with Crippen LogP contribution in [0.5, 0.6) is 0 Å². The molecule has 0 aliphatic carbocycles. The van der Waals surface area contributed by atoms with E-state index < -0.39 is 12.1 Å². The van der Waals surface area contributed by atoms with Crippen molar-refractivity contribution >= 4 is 11.9 Å². The average Bonchev–Trinajstić information content (AvgIpc) is 3.32. The molecule has 0 aliphatic rings. The number of unbranched alkanes of at least 4 members (excludes halogenated alkanes) is 40. The van der Waals surface area contributed by atoms with Crippen LogP contribution in [0.1, 0.15) is 322 Å². The summed E-state index contributed by atoms with van der Waals surface area (Å²) >= 11 is 0. The lowest BCUT2D eigenvalue weighted by molar-refractivity contribution is -0.143. The van der Waals surface area contributed by atoms with E-state index in [0.29, 0.717) is 25.9 Å². The van der Waals surface area contributed by atoms with Gasteiger partial charge in [-0.1, -0.05) is 256 Å². The minimum Gasteiger partial charge on any atom is -0.466 e. The van der Waals surface area contributed by atoms with Crippen molar-refractivity contribution in [3.8, 4) is 0 Å². The molecule has 0 aromatic rings. The maximum absolute atomic E-state index is 12.4. The number of esters is 1. The highest BCUT2D eigenvalue weighted by molar-refractivity contribution is 5.76. The Morgan fingerprint density at radius 3 is 1.08 bits per heavy atom. The number of allylic oxidation sites excluding steroid dienone is 4. The van der Waals surface area contributed by atoms with Gasteiger partial charge in [0.05, 0.1) is 25.4 Å². The first-order valence-corrected chi connectivity index (χ1v) is 29.6. The van der Waals surface area contributed by atoms with Gasteiger partial charge in [0, 0.05) is 12.8 Å². The van der Waals surface area contributed by atoms with Crippen LogP contribution in [-0.4, -0.2) is 47.4 Å². The maximum Gasteiger partial charge on any atom is 0.305 e. The molecule has 66 heavy (non-hydrogen) atoms. The third kappa shape index (κ3) is 51.7. The standard InChI is InChI=1S/C60H115NO5/c1-3-5-7-9-11-13-15-16-30-34-38-42-46-50-54-60(65)66-55-51-47-43-39-35-31-28-26-24-22-20-18-17-19-21-23-25-27-29-33-37-41-45-49-53-59(64)61-57(56-62)58(63)52-48-44-40-36-32-14-12-10-8-6-4-2/h15-16,19,21,57-58,62-63H,3-14,17-18,20,22-56H2,1-2H3,(H,61,64)/b16-15-,21-19-. The third-order valence-corrected chi connectivity index (χ3v) is 13.7. The quantitative estimate of drug-likeness (QED) is 0.0321. The van der Waals surface area contributed by atoms with Crippen LogP contribution in [-0.2, 0) is 14.3 Å². The summed E-state index contributed by atoms with van der Waals surface area (Å²) in [5.74, 6) is -0.0360. The van der Waals surface area contributed by atoms with E-state index in [9.17, 15) is 19.8 Å². The van der Waals surface area contributed by atoms with E-state index in [1.54, 1.807) is 0 Å². The minimum absolute atomic E-state index is 0.00401. The molecular formula is C60H115NO5. The number of hydrogen-bond donors (Lipinski definition) is 3. The summed E-state index contributed by atoms with van der Waals surface area (Å²) in [6.07, 6.45) is 67.5. The minimum atomic E-state index is -0.665. The van der Waals surface area contributed by atoms with E-state index in [1.807, 2.05) is 0 Å². The van der Waals surface area contributed by atoms with Crippen LogP contribution in [0.15, 0.2) is 24.3 Å². The Labute approximate surface area is 411 Å². The lowest BCUT2D eigenvalue weighted by Crippen LogP contribution is -2.45. The second-order valence-electron chi connectivity index (χ2n) is 20.3. The smallest absolute Gasteiger partial charge is 0.305 e. The summed E-state index contributed by atoms with van der Waals surface area (Å²) in [5, 5.41) is 23.2.